The summed E-state index contributed by atoms with van der Waals surface area (Å²) in [5.41, 5.74) is 3.88. The molecule has 10 heteroatoms. The number of carbonyl (C=O) groups is 2. The van der Waals surface area contributed by atoms with Crippen molar-refractivity contribution in [1.82, 2.24) is 10.9 Å². The second-order valence-electron chi connectivity index (χ2n) is 4.52. The highest BCUT2D eigenvalue weighted by Gasteiger charge is 2.13. The molecule has 2 aromatic rings. The van der Waals surface area contributed by atoms with Crippen LogP contribution >= 0.6 is 0 Å². The number of nitrogens with one attached hydrogen (secondary N) is 2. The molecule has 0 fully saturated rings. The molecule has 24 heavy (non-hydrogen) atoms. The minimum absolute atomic E-state index is 0.00630. The summed E-state index contributed by atoms with van der Waals surface area (Å²) in [5.74, 6) is -1.43. The monoisotopic (exact) mass is 330 g/mol. The molecule has 0 bridgehead atoms. The number of hydrogen-bond donors (Lipinski definition) is 2. The number of hydrogen-bond acceptors (Lipinski definition) is 6. The van der Waals surface area contributed by atoms with Crippen molar-refractivity contribution >= 4 is 23.2 Å². The van der Waals surface area contributed by atoms with Gasteiger partial charge in [0.2, 0.25) is 0 Å². The molecule has 0 heterocycles. The third kappa shape index (κ3) is 3.88. The molecule has 0 spiro atoms. The topological polar surface area (TPSA) is 144 Å². The minimum atomic E-state index is -0.742. The van der Waals surface area contributed by atoms with Crippen molar-refractivity contribution in [1.29, 1.82) is 0 Å². The molecule has 122 valence electrons. The molecule has 10 nitrogen and oxygen atoms in total. The van der Waals surface area contributed by atoms with Gasteiger partial charge in [-0.15, -0.1) is 0 Å². The highest BCUT2D eigenvalue weighted by atomic mass is 16.6. The van der Waals surface area contributed by atoms with E-state index >= 15 is 0 Å². The first-order chi connectivity index (χ1) is 11.4. The molecule has 0 unspecified atom stereocenters. The summed E-state index contributed by atoms with van der Waals surface area (Å²) in [6.45, 7) is 0. The molecule has 0 saturated heterocycles. The zero-order chi connectivity index (χ0) is 17.7. The van der Waals surface area contributed by atoms with Crippen LogP contribution in [0.1, 0.15) is 20.7 Å². The molecule has 2 amide bonds. The zero-order valence-electron chi connectivity index (χ0n) is 12.0. The SMILES string of the molecule is O=C(NNC(=O)c1cccc([N+](=O)[O-])c1)c1ccc([N+](=O)[O-])cc1. The fourth-order valence-electron chi connectivity index (χ4n) is 1.75. The van der Waals surface area contributed by atoms with Gasteiger partial charge in [0.15, 0.2) is 0 Å². The van der Waals surface area contributed by atoms with Gasteiger partial charge in [-0.2, -0.15) is 0 Å². The van der Waals surface area contributed by atoms with E-state index in [-0.39, 0.29) is 22.5 Å². The van der Waals surface area contributed by atoms with Crippen molar-refractivity contribution in [2.24, 2.45) is 0 Å². The van der Waals surface area contributed by atoms with Gasteiger partial charge in [-0.3, -0.25) is 40.7 Å². The van der Waals surface area contributed by atoms with Gasteiger partial charge in [-0.05, 0) is 18.2 Å². The van der Waals surface area contributed by atoms with E-state index in [2.05, 4.69) is 10.9 Å². The maximum Gasteiger partial charge on any atom is 0.270 e. The van der Waals surface area contributed by atoms with Crippen LogP contribution in [-0.4, -0.2) is 21.7 Å². The number of nitrogens with zero attached hydrogens (tertiary/aromatic N) is 2. The Morgan fingerprint density at radius 1 is 0.750 bits per heavy atom. The Morgan fingerprint density at radius 3 is 1.83 bits per heavy atom. The lowest BCUT2D eigenvalue weighted by Gasteiger charge is -2.07. The maximum absolute atomic E-state index is 11.9. The van der Waals surface area contributed by atoms with E-state index in [4.69, 9.17) is 0 Å². The fraction of sp³-hybridized carbons (Fsp3) is 0. The van der Waals surface area contributed by atoms with Crippen molar-refractivity contribution in [2.75, 3.05) is 0 Å². The number of benzene rings is 2. The first kappa shape index (κ1) is 16.5. The smallest absolute Gasteiger partial charge is 0.267 e. The summed E-state index contributed by atoms with van der Waals surface area (Å²) in [6, 6.07) is 9.74. The van der Waals surface area contributed by atoms with Crippen LogP contribution in [0.5, 0.6) is 0 Å². The average molecular weight is 330 g/mol. The Labute approximate surface area is 134 Å². The van der Waals surface area contributed by atoms with Crippen molar-refractivity contribution in [3.05, 3.63) is 79.9 Å². The minimum Gasteiger partial charge on any atom is -0.267 e. The van der Waals surface area contributed by atoms with Crippen molar-refractivity contribution < 1.29 is 19.4 Å². The maximum atomic E-state index is 11.9. The molecule has 0 aliphatic rings. The molecule has 0 aliphatic heterocycles. The number of non-ortho nitro benzene ring substituents is 2. The zero-order valence-corrected chi connectivity index (χ0v) is 12.0. The van der Waals surface area contributed by atoms with Crippen molar-refractivity contribution in [2.45, 2.75) is 0 Å². The molecular weight excluding hydrogens is 320 g/mol. The summed E-state index contributed by atoms with van der Waals surface area (Å²) >= 11 is 0. The quantitative estimate of drug-likeness (QED) is 0.643. The Morgan fingerprint density at radius 2 is 1.29 bits per heavy atom. The normalized spacial score (nSPS) is 9.83. The number of nitro benzene ring substituents is 2. The van der Waals surface area contributed by atoms with Gasteiger partial charge in [-0.1, -0.05) is 6.07 Å². The highest BCUT2D eigenvalue weighted by molar-refractivity contribution is 5.99. The summed E-state index contributed by atoms with van der Waals surface area (Å²) in [4.78, 5) is 43.6. The lowest BCUT2D eigenvalue weighted by molar-refractivity contribution is -0.385. The van der Waals surface area contributed by atoms with Crippen LogP contribution in [0.25, 0.3) is 0 Å². The van der Waals surface area contributed by atoms with Gasteiger partial charge >= 0.3 is 0 Å². The Hall–Kier alpha value is -3.82. The number of carbonyl (C=O) groups excluding carboxylic acids is 2. The Balaban J connectivity index is 2.00. The number of amides is 2. The number of nitro groups is 2. The van der Waals surface area contributed by atoms with Gasteiger partial charge in [-0.25, -0.2) is 0 Å². The Kier molecular flexibility index (Phi) is 4.80. The predicted molar refractivity (Wildman–Crippen MR) is 81.1 cm³/mol. The largest absolute Gasteiger partial charge is 0.270 e. The van der Waals surface area contributed by atoms with Gasteiger partial charge in [0.25, 0.3) is 23.2 Å². The standard InChI is InChI=1S/C14H10N4O6/c19-13(9-4-6-11(7-5-9)17(21)22)15-16-14(20)10-2-1-3-12(8-10)18(23)24/h1-8H,(H,15,19)(H,16,20). The van der Waals surface area contributed by atoms with Crippen molar-refractivity contribution in [3.63, 3.8) is 0 Å². The third-order valence-corrected chi connectivity index (χ3v) is 2.95. The van der Waals surface area contributed by atoms with Crippen LogP contribution in [0, 0.1) is 20.2 Å². The summed E-state index contributed by atoms with van der Waals surface area (Å²) in [7, 11) is 0. The van der Waals surface area contributed by atoms with Crippen LogP contribution in [0.15, 0.2) is 48.5 Å². The van der Waals surface area contributed by atoms with Gasteiger partial charge in [0, 0.05) is 35.4 Å². The number of hydrazine groups is 1. The van der Waals surface area contributed by atoms with Gasteiger partial charge in [0.05, 0.1) is 9.85 Å². The molecule has 2 aromatic carbocycles. The molecule has 0 atom stereocenters. The Bertz CT molecular complexity index is 818. The molecule has 2 rings (SSSR count). The second-order valence-corrected chi connectivity index (χ2v) is 4.52. The summed E-state index contributed by atoms with van der Waals surface area (Å²) in [5, 5.41) is 21.2. The summed E-state index contributed by atoms with van der Waals surface area (Å²) in [6.07, 6.45) is 0. The average Bonchev–Trinajstić information content (AvgIpc) is 2.59. The molecule has 2 N–H and O–H groups in total. The van der Waals surface area contributed by atoms with Crippen LogP contribution in [0.4, 0.5) is 11.4 Å². The molecule has 0 aliphatic carbocycles. The fourth-order valence-corrected chi connectivity index (χ4v) is 1.75. The predicted octanol–water partition coefficient (Wildman–Crippen LogP) is 1.58. The van der Waals surface area contributed by atoms with E-state index in [9.17, 15) is 29.8 Å². The number of rotatable bonds is 4. The molecule has 0 saturated carbocycles. The highest BCUT2D eigenvalue weighted by Crippen LogP contribution is 2.13. The van der Waals surface area contributed by atoms with E-state index in [0.717, 1.165) is 18.2 Å². The second kappa shape index (κ2) is 6.96. The third-order valence-electron chi connectivity index (χ3n) is 2.95. The van der Waals surface area contributed by atoms with E-state index in [1.54, 1.807) is 0 Å². The first-order valence-electron chi connectivity index (χ1n) is 6.48. The van der Waals surface area contributed by atoms with Gasteiger partial charge in [0.1, 0.15) is 0 Å². The van der Waals surface area contributed by atoms with E-state index in [0.29, 0.717) is 0 Å². The lowest BCUT2D eigenvalue weighted by atomic mass is 10.2. The van der Waals surface area contributed by atoms with Crippen molar-refractivity contribution in [3.8, 4) is 0 Å². The van der Waals surface area contributed by atoms with Crippen LogP contribution in [0.3, 0.4) is 0 Å². The van der Waals surface area contributed by atoms with E-state index < -0.39 is 21.7 Å². The van der Waals surface area contributed by atoms with Crippen LogP contribution in [-0.2, 0) is 0 Å². The molecule has 0 aromatic heterocycles. The van der Waals surface area contributed by atoms with Crippen LogP contribution < -0.4 is 10.9 Å². The van der Waals surface area contributed by atoms with Gasteiger partial charge < -0.3 is 0 Å². The molecule has 0 radical (unpaired) electrons. The van der Waals surface area contributed by atoms with Crippen LogP contribution in [0.2, 0.25) is 0 Å². The van der Waals surface area contributed by atoms with E-state index in [1.165, 1.54) is 30.3 Å². The van der Waals surface area contributed by atoms with E-state index in [1.807, 2.05) is 0 Å². The summed E-state index contributed by atoms with van der Waals surface area (Å²) < 4.78 is 0. The first-order valence-corrected chi connectivity index (χ1v) is 6.48. The molecular formula is C14H10N4O6. The lowest BCUT2D eigenvalue weighted by Crippen LogP contribution is -2.41.